The van der Waals surface area contributed by atoms with Gasteiger partial charge in [-0.25, -0.2) is 4.98 Å². The van der Waals surface area contributed by atoms with Crippen LogP contribution in [0.15, 0.2) is 30.5 Å². The number of carbonyl (C=O) groups excluding carboxylic acids is 1. The van der Waals surface area contributed by atoms with Crippen LogP contribution in [0.3, 0.4) is 0 Å². The van der Waals surface area contributed by atoms with E-state index in [2.05, 4.69) is 22.5 Å². The van der Waals surface area contributed by atoms with E-state index in [0.717, 1.165) is 24.8 Å². The Labute approximate surface area is 130 Å². The van der Waals surface area contributed by atoms with Gasteiger partial charge in [0.15, 0.2) is 0 Å². The molecule has 5 nitrogen and oxygen atoms in total. The minimum atomic E-state index is -0.124. The van der Waals surface area contributed by atoms with Crippen molar-refractivity contribution in [1.29, 1.82) is 0 Å². The zero-order valence-electron chi connectivity index (χ0n) is 12.8. The zero-order chi connectivity index (χ0) is 15.4. The van der Waals surface area contributed by atoms with Crippen molar-refractivity contribution in [3.8, 4) is 5.88 Å². The molecule has 1 N–H and O–H groups in total. The second-order valence-corrected chi connectivity index (χ2v) is 5.86. The summed E-state index contributed by atoms with van der Waals surface area (Å²) in [6.07, 6.45) is 9.52. The van der Waals surface area contributed by atoms with Crippen LogP contribution >= 0.6 is 0 Å². The van der Waals surface area contributed by atoms with Gasteiger partial charge in [-0.3, -0.25) is 4.79 Å². The van der Waals surface area contributed by atoms with Crippen molar-refractivity contribution in [2.75, 3.05) is 13.7 Å². The molecule has 3 atom stereocenters. The molecular weight excluding hydrogens is 280 g/mol. The van der Waals surface area contributed by atoms with E-state index < -0.39 is 0 Å². The number of hydrogen-bond acceptors (Lipinski definition) is 4. The normalized spacial score (nSPS) is 27.0. The molecule has 118 valence electrons. The number of allylic oxidation sites excluding steroid dienone is 2. The Morgan fingerprint density at radius 2 is 2.36 bits per heavy atom. The molecule has 1 amide bonds. The maximum atomic E-state index is 12.2. The second-order valence-electron chi connectivity index (χ2n) is 5.86. The van der Waals surface area contributed by atoms with Gasteiger partial charge in [0.25, 0.3) is 0 Å². The van der Waals surface area contributed by atoms with Crippen molar-refractivity contribution >= 4 is 5.91 Å². The summed E-state index contributed by atoms with van der Waals surface area (Å²) in [4.78, 5) is 16.4. The Morgan fingerprint density at radius 3 is 3.05 bits per heavy atom. The average Bonchev–Trinajstić information content (AvgIpc) is 3.19. The van der Waals surface area contributed by atoms with Gasteiger partial charge in [-0.2, -0.15) is 0 Å². The van der Waals surface area contributed by atoms with Gasteiger partial charge in [-0.05, 0) is 31.2 Å². The predicted molar refractivity (Wildman–Crippen MR) is 82.5 cm³/mol. The summed E-state index contributed by atoms with van der Waals surface area (Å²) < 4.78 is 10.9. The monoisotopic (exact) mass is 302 g/mol. The Bertz CT molecular complexity index is 541. The zero-order valence-corrected chi connectivity index (χ0v) is 12.8. The van der Waals surface area contributed by atoms with Crippen molar-refractivity contribution in [1.82, 2.24) is 10.3 Å². The van der Waals surface area contributed by atoms with Gasteiger partial charge in [0.05, 0.1) is 13.2 Å². The number of pyridine rings is 1. The lowest BCUT2D eigenvalue weighted by molar-refractivity contribution is -0.122. The van der Waals surface area contributed by atoms with Crippen LogP contribution in [0, 0.1) is 5.92 Å². The summed E-state index contributed by atoms with van der Waals surface area (Å²) in [6, 6.07) is 3.79. The minimum Gasteiger partial charge on any atom is -0.481 e. The van der Waals surface area contributed by atoms with Crippen LogP contribution in [-0.4, -0.2) is 30.6 Å². The van der Waals surface area contributed by atoms with Crippen molar-refractivity contribution < 1.29 is 14.3 Å². The summed E-state index contributed by atoms with van der Waals surface area (Å²) >= 11 is 0. The Morgan fingerprint density at radius 1 is 1.45 bits per heavy atom. The van der Waals surface area contributed by atoms with Crippen LogP contribution in [0.2, 0.25) is 0 Å². The van der Waals surface area contributed by atoms with E-state index >= 15 is 0 Å². The van der Waals surface area contributed by atoms with E-state index in [1.807, 2.05) is 12.1 Å². The molecule has 0 saturated carbocycles. The van der Waals surface area contributed by atoms with Gasteiger partial charge in [-0.15, -0.1) is 0 Å². The van der Waals surface area contributed by atoms with Gasteiger partial charge >= 0.3 is 0 Å². The summed E-state index contributed by atoms with van der Waals surface area (Å²) in [5.74, 6) is 1.08. The third-order valence-corrected chi connectivity index (χ3v) is 4.29. The number of nitrogens with one attached hydrogen (secondary N) is 1. The third-order valence-electron chi connectivity index (χ3n) is 4.29. The summed E-state index contributed by atoms with van der Waals surface area (Å²) in [7, 11) is 1.59. The van der Waals surface area contributed by atoms with E-state index in [-0.39, 0.29) is 18.1 Å². The molecule has 1 saturated heterocycles. The summed E-state index contributed by atoms with van der Waals surface area (Å²) in [5.41, 5.74) is 0.976. The number of hydrogen-bond donors (Lipinski definition) is 1. The molecule has 22 heavy (non-hydrogen) atoms. The Kier molecular flexibility index (Phi) is 4.73. The first kappa shape index (κ1) is 15.0. The quantitative estimate of drug-likeness (QED) is 0.848. The maximum Gasteiger partial charge on any atom is 0.220 e. The number of nitrogens with zero attached hydrogens (tertiary/aromatic N) is 1. The predicted octanol–water partition coefficient (Wildman–Crippen LogP) is 2.39. The highest BCUT2D eigenvalue weighted by molar-refractivity contribution is 5.77. The standard InChI is InChI=1S/C17H22N2O3/c1-21-16-7-6-13(11-18-16)17-14(8-9-22-17)19-15(20)10-12-4-2-3-5-12/h2,4,6-7,11-12,14,17H,3,5,8-10H2,1H3,(H,19,20)/t12-,14-,17+/m0/s1. The number of rotatable bonds is 5. The first-order valence-corrected chi connectivity index (χ1v) is 7.84. The first-order valence-electron chi connectivity index (χ1n) is 7.84. The SMILES string of the molecule is COc1ccc([C@H]2OCC[C@@H]2NC(=O)C[C@H]2C=CCC2)cn1. The smallest absolute Gasteiger partial charge is 0.220 e. The molecule has 1 aliphatic heterocycles. The van der Waals surface area contributed by atoms with Crippen molar-refractivity contribution in [3.05, 3.63) is 36.0 Å². The van der Waals surface area contributed by atoms with E-state index in [4.69, 9.17) is 9.47 Å². The molecule has 1 aromatic heterocycles. The van der Waals surface area contributed by atoms with E-state index in [0.29, 0.717) is 24.8 Å². The van der Waals surface area contributed by atoms with E-state index in [1.54, 1.807) is 13.3 Å². The molecule has 1 fully saturated rings. The summed E-state index contributed by atoms with van der Waals surface area (Å²) in [5, 5.41) is 3.13. The van der Waals surface area contributed by atoms with Crippen LogP contribution in [0.25, 0.3) is 0 Å². The number of carbonyl (C=O) groups is 1. The molecular formula is C17H22N2O3. The highest BCUT2D eigenvalue weighted by Gasteiger charge is 2.31. The highest BCUT2D eigenvalue weighted by atomic mass is 16.5. The molecule has 0 bridgehead atoms. The number of amides is 1. The maximum absolute atomic E-state index is 12.2. The van der Waals surface area contributed by atoms with Crippen molar-refractivity contribution in [3.63, 3.8) is 0 Å². The topological polar surface area (TPSA) is 60.5 Å². The number of aromatic nitrogens is 1. The van der Waals surface area contributed by atoms with Crippen LogP contribution in [-0.2, 0) is 9.53 Å². The first-order chi connectivity index (χ1) is 10.8. The van der Waals surface area contributed by atoms with Crippen LogP contribution in [0.4, 0.5) is 0 Å². The lowest BCUT2D eigenvalue weighted by atomic mass is 10.0. The molecule has 0 spiro atoms. The van der Waals surface area contributed by atoms with Crippen molar-refractivity contribution in [2.24, 2.45) is 5.92 Å². The lowest BCUT2D eigenvalue weighted by Gasteiger charge is -2.21. The minimum absolute atomic E-state index is 0.0214. The molecule has 1 aromatic rings. The molecule has 2 aliphatic rings. The number of methoxy groups -OCH3 is 1. The van der Waals surface area contributed by atoms with Crippen LogP contribution in [0.1, 0.15) is 37.4 Å². The van der Waals surface area contributed by atoms with Gasteiger partial charge in [0, 0.05) is 30.9 Å². The summed E-state index contributed by atoms with van der Waals surface area (Å²) in [6.45, 7) is 0.658. The lowest BCUT2D eigenvalue weighted by Crippen LogP contribution is -2.37. The molecule has 3 rings (SSSR count). The fourth-order valence-electron chi connectivity index (χ4n) is 3.12. The highest BCUT2D eigenvalue weighted by Crippen LogP contribution is 2.30. The van der Waals surface area contributed by atoms with Gasteiger partial charge < -0.3 is 14.8 Å². The van der Waals surface area contributed by atoms with Gasteiger partial charge in [0.1, 0.15) is 6.10 Å². The van der Waals surface area contributed by atoms with Gasteiger partial charge in [-0.1, -0.05) is 12.2 Å². The number of ether oxygens (including phenoxy) is 2. The van der Waals surface area contributed by atoms with Gasteiger partial charge in [0.2, 0.25) is 11.8 Å². The molecule has 0 aromatic carbocycles. The van der Waals surface area contributed by atoms with Crippen molar-refractivity contribution in [2.45, 2.75) is 37.8 Å². The second kappa shape index (κ2) is 6.92. The van der Waals surface area contributed by atoms with Crippen LogP contribution < -0.4 is 10.1 Å². The molecule has 2 heterocycles. The van der Waals surface area contributed by atoms with E-state index in [9.17, 15) is 4.79 Å². The third kappa shape index (κ3) is 3.47. The molecule has 0 radical (unpaired) electrons. The molecule has 0 unspecified atom stereocenters. The molecule has 1 aliphatic carbocycles. The fourth-order valence-corrected chi connectivity index (χ4v) is 3.12. The van der Waals surface area contributed by atoms with E-state index in [1.165, 1.54) is 0 Å². The van der Waals surface area contributed by atoms with Crippen LogP contribution in [0.5, 0.6) is 5.88 Å². The Hall–Kier alpha value is -1.88. The Balaban J connectivity index is 1.59. The largest absolute Gasteiger partial charge is 0.481 e. The average molecular weight is 302 g/mol. The fraction of sp³-hybridized carbons (Fsp3) is 0.529. The molecule has 5 heteroatoms.